The van der Waals surface area contributed by atoms with Crippen LogP contribution in [-0.4, -0.2) is 56.0 Å². The van der Waals surface area contributed by atoms with Crippen molar-refractivity contribution in [2.45, 2.75) is 45.3 Å². The number of aliphatic hydroxyl groups is 1. The first-order valence-corrected chi connectivity index (χ1v) is 9.30. The number of rotatable bonds is 10. The van der Waals surface area contributed by atoms with Gasteiger partial charge in [0.05, 0.1) is 19.3 Å². The molecule has 2 atom stereocenters. The second kappa shape index (κ2) is 9.35. The zero-order valence-electron chi connectivity index (χ0n) is 16.1. The monoisotopic (exact) mass is 364 g/mol. The summed E-state index contributed by atoms with van der Waals surface area (Å²) < 4.78 is 11.1. The Bertz CT molecular complexity index is 591. The fourth-order valence-corrected chi connectivity index (χ4v) is 3.50. The normalized spacial score (nSPS) is 19.8. The summed E-state index contributed by atoms with van der Waals surface area (Å²) in [5.41, 5.74) is 9.17. The van der Waals surface area contributed by atoms with E-state index in [0.29, 0.717) is 32.1 Å². The average molecular weight is 364 g/mol. The number of hydrogen-bond acceptors (Lipinski definition) is 6. The summed E-state index contributed by atoms with van der Waals surface area (Å²) in [6.45, 7) is 8.36. The number of anilines is 2. The Morgan fingerprint density at radius 1 is 1.42 bits per heavy atom. The number of nitrogen functional groups attached to an aromatic ring is 1. The fraction of sp³-hybridized carbons (Fsp3) is 0.650. The summed E-state index contributed by atoms with van der Waals surface area (Å²) in [6.07, 6.45) is 2.16. The maximum Gasteiger partial charge on any atom is 0.145 e. The van der Waals surface area contributed by atoms with Crippen LogP contribution in [0.4, 0.5) is 11.4 Å². The minimum Gasteiger partial charge on any atom is -0.399 e. The van der Waals surface area contributed by atoms with E-state index in [2.05, 4.69) is 37.8 Å². The van der Waals surface area contributed by atoms with Crippen LogP contribution in [0.2, 0.25) is 0 Å². The number of carbonyl (C=O) groups is 1. The van der Waals surface area contributed by atoms with Crippen LogP contribution in [0.15, 0.2) is 18.2 Å². The number of aldehydes is 1. The van der Waals surface area contributed by atoms with Crippen molar-refractivity contribution < 1.29 is 19.4 Å². The van der Waals surface area contributed by atoms with Gasteiger partial charge in [-0.3, -0.25) is 0 Å². The van der Waals surface area contributed by atoms with Gasteiger partial charge < -0.3 is 30.0 Å². The van der Waals surface area contributed by atoms with Gasteiger partial charge in [-0.1, -0.05) is 6.92 Å². The Balaban J connectivity index is 2.13. The molecule has 146 valence electrons. The quantitative estimate of drug-likeness (QED) is 0.375. The lowest BCUT2D eigenvalue weighted by atomic mass is 9.77. The Morgan fingerprint density at radius 3 is 2.88 bits per heavy atom. The zero-order valence-corrected chi connectivity index (χ0v) is 16.1. The van der Waals surface area contributed by atoms with Crippen LogP contribution < -0.4 is 10.6 Å². The molecule has 26 heavy (non-hydrogen) atoms. The van der Waals surface area contributed by atoms with Gasteiger partial charge in [-0.2, -0.15) is 0 Å². The molecule has 1 aromatic carbocycles. The van der Waals surface area contributed by atoms with E-state index in [1.54, 1.807) is 0 Å². The number of ether oxygens (including phenoxy) is 2. The minimum atomic E-state index is -0.116. The van der Waals surface area contributed by atoms with Gasteiger partial charge in [0.15, 0.2) is 0 Å². The molecule has 0 spiro atoms. The van der Waals surface area contributed by atoms with Gasteiger partial charge in [0.2, 0.25) is 0 Å². The molecule has 0 radical (unpaired) electrons. The summed E-state index contributed by atoms with van der Waals surface area (Å²) in [4.78, 5) is 12.7. The van der Waals surface area contributed by atoms with Crippen LogP contribution in [0, 0.1) is 5.92 Å². The Hall–Kier alpha value is -1.63. The van der Waals surface area contributed by atoms with E-state index in [1.807, 2.05) is 6.07 Å². The van der Waals surface area contributed by atoms with Gasteiger partial charge in [0.1, 0.15) is 12.9 Å². The molecule has 1 aliphatic heterocycles. The van der Waals surface area contributed by atoms with Crippen LogP contribution >= 0.6 is 0 Å². The number of nitrogens with two attached hydrogens (primary N) is 1. The highest BCUT2D eigenvalue weighted by Gasteiger charge is 2.39. The molecule has 0 aromatic heterocycles. The molecule has 0 aliphatic carbocycles. The number of benzene rings is 1. The Labute approximate surface area is 156 Å². The SMILES string of the molecule is CC1Cc2cc(N)ccc2N(CC(CCO)OCCOCC=O)C1(C)C. The van der Waals surface area contributed by atoms with Crippen molar-refractivity contribution in [1.82, 2.24) is 0 Å². The van der Waals surface area contributed by atoms with E-state index in [9.17, 15) is 9.90 Å². The largest absolute Gasteiger partial charge is 0.399 e. The first-order valence-electron chi connectivity index (χ1n) is 9.30. The molecule has 3 N–H and O–H groups in total. The molecular weight excluding hydrogens is 332 g/mol. The molecule has 2 unspecified atom stereocenters. The van der Waals surface area contributed by atoms with E-state index in [4.69, 9.17) is 15.2 Å². The second-order valence-electron chi connectivity index (χ2n) is 7.50. The maximum absolute atomic E-state index is 10.3. The standard InChI is InChI=1S/C20H32N2O4/c1-15-12-16-13-17(21)4-5-19(16)22(20(15,2)3)14-18(6-7-23)26-11-10-25-9-8-24/h4-5,8,13,15,18,23H,6-7,9-12,14,21H2,1-3H3. The van der Waals surface area contributed by atoms with Gasteiger partial charge in [-0.05, 0) is 56.4 Å². The third-order valence-electron chi connectivity index (χ3n) is 5.43. The molecule has 1 heterocycles. The lowest BCUT2D eigenvalue weighted by Gasteiger charge is -2.50. The topological polar surface area (TPSA) is 85.0 Å². The molecule has 0 amide bonds. The van der Waals surface area contributed by atoms with Crippen LogP contribution in [0.1, 0.15) is 32.8 Å². The lowest BCUT2D eigenvalue weighted by Crippen LogP contribution is -2.55. The zero-order chi connectivity index (χ0) is 19.2. The molecule has 0 saturated heterocycles. The van der Waals surface area contributed by atoms with Crippen molar-refractivity contribution in [2.24, 2.45) is 5.92 Å². The van der Waals surface area contributed by atoms with Crippen LogP contribution in [-0.2, 0) is 20.7 Å². The highest BCUT2D eigenvalue weighted by Crippen LogP contribution is 2.41. The minimum absolute atomic E-state index is 0.0335. The molecule has 1 aliphatic rings. The maximum atomic E-state index is 10.3. The van der Waals surface area contributed by atoms with Crippen molar-refractivity contribution in [3.8, 4) is 0 Å². The Kier molecular flexibility index (Phi) is 7.43. The molecule has 2 rings (SSSR count). The van der Waals surface area contributed by atoms with Crippen molar-refractivity contribution in [2.75, 3.05) is 43.6 Å². The smallest absolute Gasteiger partial charge is 0.145 e. The van der Waals surface area contributed by atoms with Gasteiger partial charge in [-0.15, -0.1) is 0 Å². The molecule has 1 aromatic rings. The number of aliphatic hydroxyl groups excluding tert-OH is 1. The van der Waals surface area contributed by atoms with Crippen molar-refractivity contribution >= 4 is 17.7 Å². The van der Waals surface area contributed by atoms with Crippen molar-refractivity contribution in [1.29, 1.82) is 0 Å². The van der Waals surface area contributed by atoms with Crippen molar-refractivity contribution in [3.63, 3.8) is 0 Å². The number of fused-ring (bicyclic) bond motifs is 1. The van der Waals surface area contributed by atoms with Crippen molar-refractivity contribution in [3.05, 3.63) is 23.8 Å². The van der Waals surface area contributed by atoms with Gasteiger partial charge in [-0.25, -0.2) is 0 Å². The fourth-order valence-electron chi connectivity index (χ4n) is 3.50. The first-order chi connectivity index (χ1) is 12.4. The van der Waals surface area contributed by atoms with Crippen LogP contribution in [0.3, 0.4) is 0 Å². The van der Waals surface area contributed by atoms with Gasteiger partial charge in [0, 0.05) is 30.1 Å². The highest BCUT2D eigenvalue weighted by molar-refractivity contribution is 5.63. The molecular formula is C20H32N2O4. The van der Waals surface area contributed by atoms with E-state index in [0.717, 1.165) is 18.4 Å². The van der Waals surface area contributed by atoms with E-state index in [-0.39, 0.29) is 24.9 Å². The predicted octanol–water partition coefficient (Wildman–Crippen LogP) is 2.03. The summed E-state index contributed by atoms with van der Waals surface area (Å²) in [5.74, 6) is 0.461. The van der Waals surface area contributed by atoms with E-state index < -0.39 is 0 Å². The predicted molar refractivity (Wildman–Crippen MR) is 103 cm³/mol. The third kappa shape index (κ3) is 4.96. The Morgan fingerprint density at radius 2 is 2.19 bits per heavy atom. The second-order valence-corrected chi connectivity index (χ2v) is 7.50. The summed E-state index contributed by atoms with van der Waals surface area (Å²) >= 11 is 0. The summed E-state index contributed by atoms with van der Waals surface area (Å²) in [5, 5.41) is 9.43. The van der Waals surface area contributed by atoms with Gasteiger partial charge >= 0.3 is 0 Å². The number of hydrogen-bond donors (Lipinski definition) is 2. The number of carbonyl (C=O) groups excluding carboxylic acids is 1. The summed E-state index contributed by atoms with van der Waals surface area (Å²) in [7, 11) is 0. The third-order valence-corrected chi connectivity index (χ3v) is 5.43. The number of nitrogens with zero attached hydrogens (tertiary/aromatic N) is 1. The average Bonchev–Trinajstić information content (AvgIpc) is 2.59. The van der Waals surface area contributed by atoms with E-state index >= 15 is 0 Å². The van der Waals surface area contributed by atoms with Crippen LogP contribution in [0.5, 0.6) is 0 Å². The summed E-state index contributed by atoms with van der Waals surface area (Å²) in [6, 6.07) is 6.08. The van der Waals surface area contributed by atoms with Gasteiger partial charge in [0.25, 0.3) is 0 Å². The molecule has 6 heteroatoms. The lowest BCUT2D eigenvalue weighted by molar-refractivity contribution is -0.112. The first kappa shape index (κ1) is 20.7. The molecule has 0 bridgehead atoms. The molecule has 6 nitrogen and oxygen atoms in total. The van der Waals surface area contributed by atoms with Crippen LogP contribution in [0.25, 0.3) is 0 Å². The highest BCUT2D eigenvalue weighted by atomic mass is 16.5. The van der Waals surface area contributed by atoms with E-state index in [1.165, 1.54) is 11.3 Å². The molecule has 0 fully saturated rings. The molecule has 0 saturated carbocycles.